The van der Waals surface area contributed by atoms with E-state index in [1.165, 1.54) is 12.5 Å². The second-order valence-electron chi connectivity index (χ2n) is 5.44. The molecular weight excluding hydrogens is 280 g/mol. The number of hydrogen-bond acceptors (Lipinski definition) is 4. The van der Waals surface area contributed by atoms with Crippen molar-refractivity contribution in [3.05, 3.63) is 48.0 Å². The zero-order valence-electron chi connectivity index (χ0n) is 12.6. The molecule has 2 N–H and O–H groups in total. The Hall–Kier alpha value is -2.18. The van der Waals surface area contributed by atoms with Crippen molar-refractivity contribution in [1.29, 1.82) is 0 Å². The molecule has 0 spiro atoms. The molecule has 1 amide bonds. The first-order valence-electron chi connectivity index (χ1n) is 7.39. The smallest absolute Gasteiger partial charge is 0.221 e. The van der Waals surface area contributed by atoms with Crippen molar-refractivity contribution in [2.75, 3.05) is 11.9 Å². The molecule has 0 bridgehead atoms. The van der Waals surface area contributed by atoms with Crippen LogP contribution in [0.3, 0.4) is 0 Å². The maximum Gasteiger partial charge on any atom is 0.221 e. The highest BCUT2D eigenvalue weighted by atomic mass is 16.5. The van der Waals surface area contributed by atoms with Crippen LogP contribution in [0.15, 0.2) is 36.7 Å². The summed E-state index contributed by atoms with van der Waals surface area (Å²) < 4.78 is 7.91. The number of anilines is 1. The van der Waals surface area contributed by atoms with Gasteiger partial charge in [-0.05, 0) is 17.7 Å². The second kappa shape index (κ2) is 6.72. The van der Waals surface area contributed by atoms with E-state index in [1.54, 1.807) is 0 Å². The van der Waals surface area contributed by atoms with Crippen LogP contribution in [0, 0.1) is 0 Å². The quantitative estimate of drug-likeness (QED) is 0.879. The minimum absolute atomic E-state index is 0.0563. The van der Waals surface area contributed by atoms with E-state index in [1.807, 2.05) is 36.7 Å². The molecule has 3 rings (SSSR count). The summed E-state index contributed by atoms with van der Waals surface area (Å²) in [6.07, 6.45) is 3.97. The number of benzene rings is 1. The van der Waals surface area contributed by atoms with Crippen molar-refractivity contribution in [3.63, 3.8) is 0 Å². The predicted octanol–water partition coefficient (Wildman–Crippen LogP) is 1.53. The molecule has 6 nitrogen and oxygen atoms in total. The molecular formula is C16H20N4O2. The standard InChI is InChI=1S/C16H20N4O2/c1-12(21)19-14-4-2-13(3-5-14)8-17-9-15-10-20-7-6-18-16(20)11-22-15/h2-7,15,17H,8-11H2,1H3,(H,19,21). The molecule has 0 saturated heterocycles. The molecule has 116 valence electrons. The SMILES string of the molecule is CC(=O)Nc1ccc(CNCC2Cn3ccnc3CO2)cc1. The fraction of sp³-hybridized carbons (Fsp3) is 0.375. The van der Waals surface area contributed by atoms with Gasteiger partial charge in [0.05, 0.1) is 12.6 Å². The lowest BCUT2D eigenvalue weighted by atomic mass is 10.2. The zero-order chi connectivity index (χ0) is 15.4. The molecule has 22 heavy (non-hydrogen) atoms. The van der Waals surface area contributed by atoms with Crippen LogP contribution in [0.1, 0.15) is 18.3 Å². The highest BCUT2D eigenvalue weighted by molar-refractivity contribution is 5.88. The number of hydrogen-bond donors (Lipinski definition) is 2. The van der Waals surface area contributed by atoms with E-state index in [4.69, 9.17) is 4.74 Å². The lowest BCUT2D eigenvalue weighted by Gasteiger charge is -2.24. The Morgan fingerprint density at radius 2 is 2.23 bits per heavy atom. The minimum atomic E-state index is -0.0563. The molecule has 1 aromatic carbocycles. The maximum atomic E-state index is 11.0. The molecule has 0 aliphatic carbocycles. The fourth-order valence-corrected chi connectivity index (χ4v) is 2.52. The number of nitrogens with one attached hydrogen (secondary N) is 2. The summed E-state index contributed by atoms with van der Waals surface area (Å²) in [4.78, 5) is 15.2. The third kappa shape index (κ3) is 3.72. The van der Waals surface area contributed by atoms with Gasteiger partial charge in [0.15, 0.2) is 0 Å². The molecule has 1 unspecified atom stereocenters. The normalized spacial score (nSPS) is 17.0. The summed E-state index contributed by atoms with van der Waals surface area (Å²) in [5.41, 5.74) is 1.99. The lowest BCUT2D eigenvalue weighted by molar-refractivity contribution is -0.114. The number of carbonyl (C=O) groups excluding carboxylic acids is 1. The highest BCUT2D eigenvalue weighted by Crippen LogP contribution is 2.12. The Morgan fingerprint density at radius 3 is 3.00 bits per heavy atom. The zero-order valence-corrected chi connectivity index (χ0v) is 12.6. The van der Waals surface area contributed by atoms with Gasteiger partial charge in [-0.25, -0.2) is 4.98 Å². The molecule has 1 aromatic heterocycles. The van der Waals surface area contributed by atoms with Gasteiger partial charge >= 0.3 is 0 Å². The topological polar surface area (TPSA) is 68.2 Å². The maximum absolute atomic E-state index is 11.0. The van der Waals surface area contributed by atoms with Gasteiger partial charge in [0.2, 0.25) is 5.91 Å². The Balaban J connectivity index is 1.44. The molecule has 1 aliphatic heterocycles. The summed E-state index contributed by atoms with van der Waals surface area (Å²) in [6, 6.07) is 7.84. The van der Waals surface area contributed by atoms with E-state index in [0.29, 0.717) is 6.61 Å². The van der Waals surface area contributed by atoms with Gasteiger partial charge in [-0.3, -0.25) is 4.79 Å². The second-order valence-corrected chi connectivity index (χ2v) is 5.44. The van der Waals surface area contributed by atoms with Crippen LogP contribution >= 0.6 is 0 Å². The van der Waals surface area contributed by atoms with E-state index in [2.05, 4.69) is 20.2 Å². The fourth-order valence-electron chi connectivity index (χ4n) is 2.52. The van der Waals surface area contributed by atoms with E-state index in [-0.39, 0.29) is 12.0 Å². The Bertz CT molecular complexity index is 636. The van der Waals surface area contributed by atoms with Crippen LogP contribution < -0.4 is 10.6 Å². The van der Waals surface area contributed by atoms with Crippen molar-refractivity contribution in [3.8, 4) is 0 Å². The molecule has 1 aliphatic rings. The van der Waals surface area contributed by atoms with Gasteiger partial charge in [0.1, 0.15) is 12.4 Å². The van der Waals surface area contributed by atoms with Gasteiger partial charge in [-0.2, -0.15) is 0 Å². The molecule has 6 heteroatoms. The minimum Gasteiger partial charge on any atom is -0.367 e. The summed E-state index contributed by atoms with van der Waals surface area (Å²) >= 11 is 0. The number of fused-ring (bicyclic) bond motifs is 1. The summed E-state index contributed by atoms with van der Waals surface area (Å²) in [6.45, 7) is 4.49. The summed E-state index contributed by atoms with van der Waals surface area (Å²) in [7, 11) is 0. The first kappa shape index (κ1) is 14.7. The van der Waals surface area contributed by atoms with Crippen LogP contribution in [0.4, 0.5) is 5.69 Å². The Morgan fingerprint density at radius 1 is 1.41 bits per heavy atom. The number of carbonyl (C=O) groups is 1. The summed E-state index contributed by atoms with van der Waals surface area (Å²) in [5, 5.41) is 6.17. The number of nitrogens with zero attached hydrogens (tertiary/aromatic N) is 2. The van der Waals surface area contributed by atoms with E-state index in [0.717, 1.165) is 31.1 Å². The van der Waals surface area contributed by atoms with Gasteiger partial charge in [0, 0.05) is 38.1 Å². The third-order valence-corrected chi connectivity index (χ3v) is 3.63. The first-order chi connectivity index (χ1) is 10.7. The van der Waals surface area contributed by atoms with Crippen molar-refractivity contribution in [1.82, 2.24) is 14.9 Å². The monoisotopic (exact) mass is 300 g/mol. The molecule has 0 radical (unpaired) electrons. The van der Waals surface area contributed by atoms with Crippen LogP contribution in [-0.2, 0) is 29.2 Å². The first-order valence-corrected chi connectivity index (χ1v) is 7.39. The predicted molar refractivity (Wildman–Crippen MR) is 83.3 cm³/mol. The third-order valence-electron chi connectivity index (χ3n) is 3.63. The van der Waals surface area contributed by atoms with Crippen LogP contribution in [0.5, 0.6) is 0 Å². The van der Waals surface area contributed by atoms with Crippen molar-refractivity contribution < 1.29 is 9.53 Å². The molecule has 0 saturated carbocycles. The summed E-state index contributed by atoms with van der Waals surface area (Å²) in [5.74, 6) is 0.934. The van der Waals surface area contributed by atoms with Gasteiger partial charge < -0.3 is 19.9 Å². The van der Waals surface area contributed by atoms with E-state index in [9.17, 15) is 4.79 Å². The molecule has 2 heterocycles. The number of rotatable bonds is 5. The van der Waals surface area contributed by atoms with Crippen molar-refractivity contribution in [2.45, 2.75) is 32.7 Å². The molecule has 0 fully saturated rings. The number of ether oxygens (including phenoxy) is 1. The van der Waals surface area contributed by atoms with Gasteiger partial charge in [-0.1, -0.05) is 12.1 Å². The van der Waals surface area contributed by atoms with Gasteiger partial charge in [-0.15, -0.1) is 0 Å². The van der Waals surface area contributed by atoms with Gasteiger partial charge in [0.25, 0.3) is 0 Å². The lowest BCUT2D eigenvalue weighted by Crippen LogP contribution is -2.35. The Labute approximate surface area is 129 Å². The largest absolute Gasteiger partial charge is 0.367 e. The number of imidazole rings is 1. The number of aromatic nitrogens is 2. The van der Waals surface area contributed by atoms with Crippen LogP contribution in [0.25, 0.3) is 0 Å². The van der Waals surface area contributed by atoms with E-state index < -0.39 is 0 Å². The van der Waals surface area contributed by atoms with Crippen LogP contribution in [0.2, 0.25) is 0 Å². The Kier molecular flexibility index (Phi) is 4.50. The number of amides is 1. The average Bonchev–Trinajstić information content (AvgIpc) is 2.96. The van der Waals surface area contributed by atoms with Crippen molar-refractivity contribution >= 4 is 11.6 Å². The van der Waals surface area contributed by atoms with Crippen LogP contribution in [-0.4, -0.2) is 28.1 Å². The average molecular weight is 300 g/mol. The molecule has 2 aromatic rings. The van der Waals surface area contributed by atoms with E-state index >= 15 is 0 Å². The highest BCUT2D eigenvalue weighted by Gasteiger charge is 2.18. The van der Waals surface area contributed by atoms with Crippen molar-refractivity contribution in [2.24, 2.45) is 0 Å². The molecule has 1 atom stereocenters.